The molecule has 2 aromatic heterocycles. The van der Waals surface area contributed by atoms with E-state index in [0.29, 0.717) is 28.4 Å². The lowest BCUT2D eigenvalue weighted by molar-refractivity contribution is -0.113. The Labute approximate surface area is 212 Å². The van der Waals surface area contributed by atoms with Gasteiger partial charge in [0, 0.05) is 17.0 Å². The predicted molar refractivity (Wildman–Crippen MR) is 143 cm³/mol. The molecule has 180 valence electrons. The molecular weight excluding hydrogens is 478 g/mol. The number of amides is 1. The Morgan fingerprint density at radius 1 is 1.20 bits per heavy atom. The van der Waals surface area contributed by atoms with Gasteiger partial charge >= 0.3 is 0 Å². The number of fused-ring (bicyclic) bond motifs is 3. The average molecular weight is 506 g/mol. The molecule has 1 aliphatic heterocycles. The number of benzene rings is 2. The normalized spacial score (nSPS) is 14.6. The van der Waals surface area contributed by atoms with E-state index in [2.05, 4.69) is 5.32 Å². The van der Waals surface area contributed by atoms with E-state index in [1.54, 1.807) is 4.57 Å². The van der Waals surface area contributed by atoms with Crippen molar-refractivity contribution in [1.29, 1.82) is 0 Å². The molecule has 0 saturated heterocycles. The highest BCUT2D eigenvalue weighted by atomic mass is 32.2. The van der Waals surface area contributed by atoms with Crippen LogP contribution in [0.15, 0.2) is 58.5 Å². The van der Waals surface area contributed by atoms with E-state index in [0.717, 1.165) is 32.9 Å². The van der Waals surface area contributed by atoms with Crippen molar-refractivity contribution >= 4 is 44.9 Å². The average Bonchev–Trinajstić information content (AvgIpc) is 3.16. The van der Waals surface area contributed by atoms with Crippen LogP contribution < -0.4 is 10.9 Å². The molecule has 0 spiro atoms. The van der Waals surface area contributed by atoms with Crippen LogP contribution in [0, 0.1) is 13.8 Å². The molecule has 5 rings (SSSR count). The van der Waals surface area contributed by atoms with Crippen molar-refractivity contribution in [2.24, 2.45) is 0 Å². The van der Waals surface area contributed by atoms with Crippen LogP contribution in [-0.2, 0) is 22.6 Å². The first-order chi connectivity index (χ1) is 16.7. The van der Waals surface area contributed by atoms with Crippen LogP contribution >= 0.6 is 23.1 Å². The first-order valence-electron chi connectivity index (χ1n) is 11.5. The van der Waals surface area contributed by atoms with Gasteiger partial charge in [-0.2, -0.15) is 0 Å². The fourth-order valence-electron chi connectivity index (χ4n) is 4.29. The Bertz CT molecular complexity index is 1500. The number of thioether (sulfide) groups is 1. The zero-order valence-electron chi connectivity index (χ0n) is 20.2. The van der Waals surface area contributed by atoms with Crippen molar-refractivity contribution in [3.63, 3.8) is 0 Å². The minimum atomic E-state index is -0.331. The fraction of sp³-hybridized carbons (Fsp3) is 0.296. The maximum absolute atomic E-state index is 14.0. The summed E-state index contributed by atoms with van der Waals surface area (Å²) in [6.45, 7) is 8.52. The topological polar surface area (TPSA) is 73.2 Å². The zero-order valence-corrected chi connectivity index (χ0v) is 21.8. The lowest BCUT2D eigenvalue weighted by atomic mass is 9.94. The van der Waals surface area contributed by atoms with Crippen molar-refractivity contribution in [1.82, 2.24) is 9.55 Å². The van der Waals surface area contributed by atoms with Gasteiger partial charge in [0.25, 0.3) is 5.56 Å². The summed E-state index contributed by atoms with van der Waals surface area (Å²) in [4.78, 5) is 33.4. The van der Waals surface area contributed by atoms with Gasteiger partial charge in [0.15, 0.2) is 5.16 Å². The Kier molecular flexibility index (Phi) is 6.29. The standard InChI is InChI=1S/C27H27N3O3S2/c1-16-8-7-10-18(12-16)30-25(32)23-19-13-27(3,4)33-14-21(19)35-24(23)29-26(30)34-15-22(31)28-20-11-6-5-9-17(20)2/h5-12H,13-15H2,1-4H3,(H,28,31). The quantitative estimate of drug-likeness (QED) is 0.280. The van der Waals surface area contributed by atoms with E-state index in [1.165, 1.54) is 23.1 Å². The Hall–Kier alpha value is -2.94. The molecule has 0 saturated carbocycles. The van der Waals surface area contributed by atoms with Crippen LogP contribution in [0.2, 0.25) is 0 Å². The number of hydrogen-bond acceptors (Lipinski definition) is 6. The molecule has 1 amide bonds. The van der Waals surface area contributed by atoms with Crippen molar-refractivity contribution < 1.29 is 9.53 Å². The highest BCUT2D eigenvalue weighted by molar-refractivity contribution is 7.99. The van der Waals surface area contributed by atoms with Gasteiger partial charge in [0.05, 0.1) is 29.0 Å². The molecule has 0 unspecified atom stereocenters. The number of ether oxygens (including phenoxy) is 1. The summed E-state index contributed by atoms with van der Waals surface area (Å²) in [5.74, 6) is -0.00524. The maximum Gasteiger partial charge on any atom is 0.267 e. The molecule has 2 aromatic carbocycles. The van der Waals surface area contributed by atoms with Crippen LogP contribution in [0.25, 0.3) is 15.9 Å². The lowest BCUT2D eigenvalue weighted by Gasteiger charge is -2.29. The number of aryl methyl sites for hydroxylation is 2. The van der Waals surface area contributed by atoms with E-state index in [9.17, 15) is 9.59 Å². The number of anilines is 1. The van der Waals surface area contributed by atoms with Gasteiger partial charge in [-0.05, 0) is 62.6 Å². The zero-order chi connectivity index (χ0) is 24.7. The van der Waals surface area contributed by atoms with Gasteiger partial charge in [0.1, 0.15) is 4.83 Å². The summed E-state index contributed by atoms with van der Waals surface area (Å²) in [7, 11) is 0. The highest BCUT2D eigenvalue weighted by Gasteiger charge is 2.31. The third kappa shape index (κ3) is 4.78. The highest BCUT2D eigenvalue weighted by Crippen LogP contribution is 2.38. The second-order valence-corrected chi connectivity index (χ2v) is 11.5. The van der Waals surface area contributed by atoms with Crippen molar-refractivity contribution in [3.05, 3.63) is 80.5 Å². The molecular formula is C27H27N3O3S2. The van der Waals surface area contributed by atoms with E-state index in [-0.39, 0.29) is 22.8 Å². The number of carbonyl (C=O) groups excluding carboxylic acids is 1. The van der Waals surface area contributed by atoms with Crippen molar-refractivity contribution in [3.8, 4) is 5.69 Å². The molecule has 6 nitrogen and oxygen atoms in total. The number of carbonyl (C=O) groups is 1. The molecule has 35 heavy (non-hydrogen) atoms. The van der Waals surface area contributed by atoms with Crippen LogP contribution in [0.4, 0.5) is 5.69 Å². The van der Waals surface area contributed by atoms with E-state index in [1.807, 2.05) is 76.2 Å². The van der Waals surface area contributed by atoms with Gasteiger partial charge < -0.3 is 10.1 Å². The largest absolute Gasteiger partial charge is 0.370 e. The monoisotopic (exact) mass is 505 g/mol. The summed E-state index contributed by atoms with van der Waals surface area (Å²) in [5.41, 5.74) is 4.18. The Balaban J connectivity index is 1.56. The summed E-state index contributed by atoms with van der Waals surface area (Å²) >= 11 is 2.78. The second kappa shape index (κ2) is 9.26. The minimum Gasteiger partial charge on any atom is -0.370 e. The number of para-hydroxylation sites is 1. The van der Waals surface area contributed by atoms with E-state index in [4.69, 9.17) is 9.72 Å². The Morgan fingerprint density at radius 2 is 2.00 bits per heavy atom. The molecule has 0 atom stereocenters. The predicted octanol–water partition coefficient (Wildman–Crippen LogP) is 5.65. The summed E-state index contributed by atoms with van der Waals surface area (Å²) in [6.07, 6.45) is 0.665. The number of nitrogens with zero attached hydrogens (tertiary/aromatic N) is 2. The summed E-state index contributed by atoms with van der Waals surface area (Å²) in [5, 5.41) is 4.13. The van der Waals surface area contributed by atoms with Crippen molar-refractivity contribution in [2.75, 3.05) is 11.1 Å². The smallest absolute Gasteiger partial charge is 0.267 e. The molecule has 0 aliphatic carbocycles. The van der Waals surface area contributed by atoms with Crippen molar-refractivity contribution in [2.45, 2.75) is 51.5 Å². The molecule has 8 heteroatoms. The van der Waals surface area contributed by atoms with Crippen LogP contribution in [-0.4, -0.2) is 26.8 Å². The van der Waals surface area contributed by atoms with Gasteiger partial charge in [-0.1, -0.05) is 42.1 Å². The first kappa shape index (κ1) is 23.8. The number of rotatable bonds is 5. The van der Waals surface area contributed by atoms with E-state index >= 15 is 0 Å². The first-order valence-corrected chi connectivity index (χ1v) is 13.3. The van der Waals surface area contributed by atoms with Gasteiger partial charge in [0.2, 0.25) is 5.91 Å². The second-order valence-electron chi connectivity index (χ2n) is 9.43. The third-order valence-corrected chi connectivity index (χ3v) is 8.12. The molecule has 1 aliphatic rings. The SMILES string of the molecule is Cc1cccc(-n2c(SCC(=O)Nc3ccccc3C)nc3sc4c(c3c2=O)CC(C)(C)OC4)c1. The lowest BCUT2D eigenvalue weighted by Crippen LogP contribution is -2.32. The van der Waals surface area contributed by atoms with Crippen LogP contribution in [0.5, 0.6) is 0 Å². The molecule has 4 aromatic rings. The fourth-order valence-corrected chi connectivity index (χ4v) is 6.25. The molecule has 3 heterocycles. The van der Waals surface area contributed by atoms with Crippen LogP contribution in [0.3, 0.4) is 0 Å². The minimum absolute atomic E-state index is 0.0994. The number of hydrogen-bond donors (Lipinski definition) is 1. The summed E-state index contributed by atoms with van der Waals surface area (Å²) in [6, 6.07) is 15.5. The molecule has 1 N–H and O–H groups in total. The van der Waals surface area contributed by atoms with Gasteiger partial charge in [-0.25, -0.2) is 4.98 Å². The number of aromatic nitrogens is 2. The molecule has 0 bridgehead atoms. The van der Waals surface area contributed by atoms with Gasteiger partial charge in [-0.3, -0.25) is 14.2 Å². The van der Waals surface area contributed by atoms with Crippen LogP contribution in [0.1, 0.15) is 35.4 Å². The Morgan fingerprint density at radius 3 is 2.77 bits per heavy atom. The third-order valence-electron chi connectivity index (χ3n) is 6.09. The van der Waals surface area contributed by atoms with E-state index < -0.39 is 0 Å². The maximum atomic E-state index is 14.0. The number of nitrogens with one attached hydrogen (secondary N) is 1. The molecule has 0 fully saturated rings. The number of thiophene rings is 1. The summed E-state index contributed by atoms with van der Waals surface area (Å²) < 4.78 is 7.63. The van der Waals surface area contributed by atoms with Gasteiger partial charge in [-0.15, -0.1) is 11.3 Å². The molecule has 0 radical (unpaired) electrons.